The van der Waals surface area contributed by atoms with Crippen LogP contribution in [0.2, 0.25) is 5.02 Å². The number of benzene rings is 4. The number of hydrogen-bond donors (Lipinski definition) is 1. The van der Waals surface area contributed by atoms with Crippen molar-refractivity contribution in [3.8, 4) is 23.0 Å². The van der Waals surface area contributed by atoms with Crippen molar-refractivity contribution in [2.24, 2.45) is 0 Å². The second-order valence-electron chi connectivity index (χ2n) is 8.61. The molecule has 2 heterocycles. The summed E-state index contributed by atoms with van der Waals surface area (Å²) >= 11 is 5.88. The van der Waals surface area contributed by atoms with Gasteiger partial charge in [-0.2, -0.15) is 0 Å². The molecule has 0 saturated carbocycles. The number of methoxy groups -OCH3 is 1. The lowest BCUT2D eigenvalue weighted by atomic mass is 10.1. The standard InChI is InChI=1S/C21H16ClNO3.C9H9NO4/c22-16-6-10-18(11-7-16)26-19-12-8-17(9-13-19)23-20(14-25-21(23)24)15-4-2-1-3-5-15;1-12-9(11)10-6-2-3-7-8(4-6)14-5-13-7/h1-13,20H,14H2;2-4H,5H2,1H3,(H,10,11)/t20-;/m1./s1. The van der Waals surface area contributed by atoms with Crippen LogP contribution in [0.4, 0.5) is 21.0 Å². The van der Waals surface area contributed by atoms with Gasteiger partial charge in [0, 0.05) is 22.5 Å². The van der Waals surface area contributed by atoms with Gasteiger partial charge in [-0.1, -0.05) is 41.9 Å². The van der Waals surface area contributed by atoms with Gasteiger partial charge in [0.1, 0.15) is 18.1 Å². The van der Waals surface area contributed by atoms with Crippen molar-refractivity contribution in [2.45, 2.75) is 6.04 Å². The van der Waals surface area contributed by atoms with Gasteiger partial charge in [-0.15, -0.1) is 0 Å². The quantitative estimate of drug-likeness (QED) is 0.271. The highest BCUT2D eigenvalue weighted by atomic mass is 35.5. The van der Waals surface area contributed by atoms with Crippen molar-refractivity contribution in [2.75, 3.05) is 30.7 Å². The van der Waals surface area contributed by atoms with Crippen LogP contribution >= 0.6 is 11.6 Å². The number of carbonyl (C=O) groups excluding carboxylic acids is 2. The highest BCUT2D eigenvalue weighted by molar-refractivity contribution is 6.30. The molecule has 1 atom stereocenters. The van der Waals surface area contributed by atoms with Gasteiger partial charge in [0.2, 0.25) is 6.79 Å². The van der Waals surface area contributed by atoms with E-state index in [1.165, 1.54) is 7.11 Å². The van der Waals surface area contributed by atoms with Crippen molar-refractivity contribution in [3.05, 3.63) is 108 Å². The maximum atomic E-state index is 12.2. The average Bonchev–Trinajstić information content (AvgIpc) is 3.61. The molecule has 1 N–H and O–H groups in total. The Kier molecular flexibility index (Phi) is 8.22. The molecule has 0 radical (unpaired) electrons. The smallest absolute Gasteiger partial charge is 0.415 e. The van der Waals surface area contributed by atoms with Crippen molar-refractivity contribution in [3.63, 3.8) is 0 Å². The van der Waals surface area contributed by atoms with E-state index in [2.05, 4.69) is 10.1 Å². The minimum Gasteiger partial charge on any atom is -0.457 e. The fourth-order valence-electron chi connectivity index (χ4n) is 4.08. The van der Waals surface area contributed by atoms with Crippen LogP contribution in [0.5, 0.6) is 23.0 Å². The van der Waals surface area contributed by atoms with Gasteiger partial charge in [-0.25, -0.2) is 9.59 Å². The van der Waals surface area contributed by atoms with Crippen LogP contribution in [0, 0.1) is 0 Å². The van der Waals surface area contributed by atoms with Gasteiger partial charge < -0.3 is 23.7 Å². The predicted octanol–water partition coefficient (Wildman–Crippen LogP) is 7.42. The first kappa shape index (κ1) is 26.7. The number of fused-ring (bicyclic) bond motifs is 1. The van der Waals surface area contributed by atoms with Gasteiger partial charge in [-0.3, -0.25) is 10.2 Å². The number of nitrogens with one attached hydrogen (secondary N) is 1. The Labute approximate surface area is 235 Å². The zero-order valence-electron chi connectivity index (χ0n) is 21.4. The maximum Gasteiger partial charge on any atom is 0.415 e. The molecule has 40 heavy (non-hydrogen) atoms. The molecule has 0 aromatic heterocycles. The zero-order chi connectivity index (χ0) is 27.9. The Morgan fingerprint density at radius 2 is 1.55 bits per heavy atom. The van der Waals surface area contributed by atoms with E-state index < -0.39 is 6.09 Å². The SMILES string of the molecule is COC(=O)Nc1ccc2c(c1)OCO2.O=C1OC[C@H](c2ccccc2)N1c1ccc(Oc2ccc(Cl)cc2)cc1. The number of amides is 2. The number of halogens is 1. The molecule has 1 fully saturated rings. The summed E-state index contributed by atoms with van der Waals surface area (Å²) in [5.74, 6) is 2.68. The number of ether oxygens (including phenoxy) is 5. The highest BCUT2D eigenvalue weighted by Crippen LogP contribution is 2.35. The van der Waals surface area contributed by atoms with Gasteiger partial charge in [0.15, 0.2) is 11.5 Å². The monoisotopic (exact) mass is 560 g/mol. The summed E-state index contributed by atoms with van der Waals surface area (Å²) in [6, 6.07) is 29.4. The van der Waals surface area contributed by atoms with E-state index >= 15 is 0 Å². The van der Waals surface area contributed by atoms with E-state index in [9.17, 15) is 9.59 Å². The van der Waals surface area contributed by atoms with Gasteiger partial charge in [0.05, 0.1) is 13.2 Å². The second kappa shape index (κ2) is 12.3. The number of nitrogens with zero attached hydrogens (tertiary/aromatic N) is 1. The number of cyclic esters (lactones) is 1. The average molecular weight is 561 g/mol. The van der Waals surface area contributed by atoms with E-state index in [1.807, 2.05) is 54.6 Å². The fraction of sp³-hybridized carbons (Fsp3) is 0.133. The first-order chi connectivity index (χ1) is 19.5. The molecule has 4 aromatic rings. The van der Waals surface area contributed by atoms with Crippen LogP contribution in [0.15, 0.2) is 97.1 Å². The molecule has 2 amide bonds. The topological polar surface area (TPSA) is 95.6 Å². The molecule has 2 aliphatic rings. The molecule has 4 aromatic carbocycles. The number of carbonyl (C=O) groups is 2. The maximum absolute atomic E-state index is 12.2. The number of rotatable bonds is 5. The Hall–Kier alpha value is -4.89. The normalized spacial score (nSPS) is 15.0. The predicted molar refractivity (Wildman–Crippen MR) is 150 cm³/mol. The highest BCUT2D eigenvalue weighted by Gasteiger charge is 2.35. The van der Waals surface area contributed by atoms with E-state index in [4.69, 9.17) is 30.5 Å². The Balaban J connectivity index is 0.000000194. The van der Waals surface area contributed by atoms with Crippen LogP contribution in [-0.4, -0.2) is 32.7 Å². The van der Waals surface area contributed by atoms with E-state index in [0.717, 1.165) is 11.3 Å². The lowest BCUT2D eigenvalue weighted by Crippen LogP contribution is -2.27. The van der Waals surface area contributed by atoms with Crippen molar-refractivity contribution >= 4 is 35.2 Å². The largest absolute Gasteiger partial charge is 0.457 e. The van der Waals surface area contributed by atoms with Crippen LogP contribution in [-0.2, 0) is 9.47 Å². The van der Waals surface area contributed by atoms with E-state index in [1.54, 1.807) is 47.4 Å². The summed E-state index contributed by atoms with van der Waals surface area (Å²) in [7, 11) is 1.31. The molecule has 0 bridgehead atoms. The third-order valence-electron chi connectivity index (χ3n) is 6.03. The molecule has 0 unspecified atom stereocenters. The zero-order valence-corrected chi connectivity index (χ0v) is 22.2. The third-order valence-corrected chi connectivity index (χ3v) is 6.28. The minimum atomic E-state index is -0.510. The number of anilines is 2. The first-order valence-corrected chi connectivity index (χ1v) is 12.7. The van der Waals surface area contributed by atoms with Crippen LogP contribution in [0.3, 0.4) is 0 Å². The lowest BCUT2D eigenvalue weighted by Gasteiger charge is -2.22. The molecule has 10 heteroatoms. The summed E-state index contributed by atoms with van der Waals surface area (Å²) in [6.45, 7) is 0.558. The van der Waals surface area contributed by atoms with Gasteiger partial charge >= 0.3 is 12.2 Å². The molecule has 2 aliphatic heterocycles. The first-order valence-electron chi connectivity index (χ1n) is 12.3. The Bertz CT molecular complexity index is 1460. The van der Waals surface area contributed by atoms with E-state index in [0.29, 0.717) is 40.3 Å². The van der Waals surface area contributed by atoms with E-state index in [-0.39, 0.29) is 18.9 Å². The van der Waals surface area contributed by atoms with Crippen molar-refractivity contribution in [1.82, 2.24) is 0 Å². The van der Waals surface area contributed by atoms with Crippen molar-refractivity contribution in [1.29, 1.82) is 0 Å². The molecule has 0 spiro atoms. The number of hydrogen-bond acceptors (Lipinski definition) is 7. The molecule has 204 valence electrons. The lowest BCUT2D eigenvalue weighted by molar-refractivity contribution is 0.174. The summed E-state index contributed by atoms with van der Waals surface area (Å²) < 4.78 is 25.8. The summed E-state index contributed by atoms with van der Waals surface area (Å²) in [6.07, 6.45) is -0.853. The molecule has 9 nitrogen and oxygen atoms in total. The van der Waals surface area contributed by atoms with Crippen LogP contribution in [0.25, 0.3) is 0 Å². The summed E-state index contributed by atoms with van der Waals surface area (Å²) in [4.78, 5) is 24.8. The molecule has 0 aliphatic carbocycles. The minimum absolute atomic E-state index is 0.133. The van der Waals surface area contributed by atoms with Gasteiger partial charge in [0.25, 0.3) is 0 Å². The Morgan fingerprint density at radius 3 is 2.25 bits per heavy atom. The second-order valence-corrected chi connectivity index (χ2v) is 9.04. The molecule has 6 rings (SSSR count). The molecule has 1 saturated heterocycles. The van der Waals surface area contributed by atoms with Crippen LogP contribution in [0.1, 0.15) is 11.6 Å². The fourth-order valence-corrected chi connectivity index (χ4v) is 4.21. The summed E-state index contributed by atoms with van der Waals surface area (Å²) in [5, 5.41) is 3.18. The molecular weight excluding hydrogens is 536 g/mol. The third kappa shape index (κ3) is 6.39. The van der Waals surface area contributed by atoms with Crippen molar-refractivity contribution < 1.29 is 33.3 Å². The Morgan fingerprint density at radius 1 is 0.875 bits per heavy atom. The molecular formula is C30H25ClN2O7. The van der Waals surface area contributed by atoms with Gasteiger partial charge in [-0.05, 0) is 66.2 Å². The van der Waals surface area contributed by atoms with Crippen LogP contribution < -0.4 is 24.4 Å². The summed E-state index contributed by atoms with van der Waals surface area (Å²) in [5.41, 5.74) is 2.42.